The van der Waals surface area contributed by atoms with Crippen LogP contribution in [0, 0.1) is 0 Å². The fourth-order valence-corrected chi connectivity index (χ4v) is 3.31. The number of rotatable bonds is 10. The predicted octanol–water partition coefficient (Wildman–Crippen LogP) is 2.83. The fraction of sp³-hybridized carbons (Fsp3) is 0.526. The van der Waals surface area contributed by atoms with E-state index in [-0.39, 0.29) is 23.3 Å². The summed E-state index contributed by atoms with van der Waals surface area (Å²) in [7, 11) is 0. The summed E-state index contributed by atoms with van der Waals surface area (Å²) in [6.45, 7) is 7.71. The Morgan fingerprint density at radius 1 is 1.35 bits per heavy atom. The van der Waals surface area contributed by atoms with Crippen LogP contribution < -0.4 is 10.9 Å². The van der Waals surface area contributed by atoms with Crippen LogP contribution in [0.2, 0.25) is 0 Å². The first-order chi connectivity index (χ1) is 12.6. The number of thioether (sulfide) groups is 1. The highest BCUT2D eigenvalue weighted by atomic mass is 32.2. The van der Waals surface area contributed by atoms with E-state index in [2.05, 4.69) is 10.3 Å². The van der Waals surface area contributed by atoms with E-state index in [4.69, 9.17) is 4.74 Å². The Hall–Kier alpha value is -1.86. The highest BCUT2D eigenvalue weighted by Gasteiger charge is 2.13. The molecule has 142 valence electrons. The minimum Gasteiger partial charge on any atom is -0.382 e. The molecule has 0 unspecified atom stereocenters. The van der Waals surface area contributed by atoms with Crippen molar-refractivity contribution < 1.29 is 9.53 Å². The number of hydrogen-bond donors (Lipinski definition) is 1. The highest BCUT2D eigenvalue weighted by Crippen LogP contribution is 2.18. The molecule has 1 aromatic carbocycles. The maximum atomic E-state index is 12.9. The van der Waals surface area contributed by atoms with Gasteiger partial charge < -0.3 is 10.1 Å². The molecule has 0 saturated carbocycles. The lowest BCUT2D eigenvalue weighted by Gasteiger charge is -2.14. The summed E-state index contributed by atoms with van der Waals surface area (Å²) >= 11 is 1.30. The summed E-state index contributed by atoms with van der Waals surface area (Å²) in [4.78, 5) is 29.5. The Labute approximate surface area is 158 Å². The molecular weight excluding hydrogens is 350 g/mol. The molecule has 1 heterocycles. The largest absolute Gasteiger partial charge is 0.382 e. The summed E-state index contributed by atoms with van der Waals surface area (Å²) in [6, 6.07) is 7.44. The Kier molecular flexibility index (Phi) is 8.12. The molecule has 2 rings (SSSR count). The molecule has 0 aliphatic carbocycles. The first-order valence-electron chi connectivity index (χ1n) is 9.06. The van der Waals surface area contributed by atoms with Gasteiger partial charge in [-0.1, -0.05) is 30.8 Å². The van der Waals surface area contributed by atoms with Crippen molar-refractivity contribution in [3.05, 3.63) is 34.6 Å². The molecule has 0 fully saturated rings. The quantitative estimate of drug-likeness (QED) is 0.392. The average molecular weight is 378 g/mol. The van der Waals surface area contributed by atoms with Gasteiger partial charge in [0.2, 0.25) is 5.91 Å². The summed E-state index contributed by atoms with van der Waals surface area (Å²) in [6.07, 6.45) is 1.60. The second kappa shape index (κ2) is 10.3. The zero-order valence-electron chi connectivity index (χ0n) is 15.7. The molecule has 2 aromatic rings. The van der Waals surface area contributed by atoms with Crippen LogP contribution >= 0.6 is 11.8 Å². The van der Waals surface area contributed by atoms with Crippen molar-refractivity contribution in [2.75, 3.05) is 19.0 Å². The molecule has 0 bridgehead atoms. The lowest BCUT2D eigenvalue weighted by molar-refractivity contribution is -0.119. The zero-order chi connectivity index (χ0) is 18.9. The van der Waals surface area contributed by atoms with Crippen molar-refractivity contribution in [3.63, 3.8) is 0 Å². The van der Waals surface area contributed by atoms with Gasteiger partial charge in [0.25, 0.3) is 5.56 Å². The second-order valence-electron chi connectivity index (χ2n) is 6.08. The maximum absolute atomic E-state index is 12.9. The van der Waals surface area contributed by atoms with E-state index in [1.165, 1.54) is 11.8 Å². The van der Waals surface area contributed by atoms with Crippen LogP contribution in [0.3, 0.4) is 0 Å². The van der Waals surface area contributed by atoms with Gasteiger partial charge in [-0.2, -0.15) is 0 Å². The smallest absolute Gasteiger partial charge is 0.262 e. The molecule has 6 nitrogen and oxygen atoms in total. The molecule has 1 atom stereocenters. The van der Waals surface area contributed by atoms with Gasteiger partial charge in [0.1, 0.15) is 0 Å². The fourth-order valence-electron chi connectivity index (χ4n) is 2.47. The topological polar surface area (TPSA) is 73.2 Å². The number of carbonyl (C=O) groups is 1. The normalized spacial score (nSPS) is 12.3. The Morgan fingerprint density at radius 2 is 2.12 bits per heavy atom. The minimum atomic E-state index is -0.0723. The van der Waals surface area contributed by atoms with Gasteiger partial charge in [-0.05, 0) is 38.8 Å². The van der Waals surface area contributed by atoms with Crippen LogP contribution in [0.25, 0.3) is 10.9 Å². The number of carbonyl (C=O) groups excluding carboxylic acids is 1. The number of nitrogens with one attached hydrogen (secondary N) is 1. The van der Waals surface area contributed by atoms with Crippen LogP contribution in [0.1, 0.15) is 33.6 Å². The number of nitrogens with zero attached hydrogens (tertiary/aromatic N) is 2. The van der Waals surface area contributed by atoms with E-state index in [9.17, 15) is 9.59 Å². The zero-order valence-corrected chi connectivity index (χ0v) is 16.5. The van der Waals surface area contributed by atoms with Crippen molar-refractivity contribution in [2.24, 2.45) is 0 Å². The van der Waals surface area contributed by atoms with E-state index in [1.807, 2.05) is 39.0 Å². The second-order valence-corrected chi connectivity index (χ2v) is 7.03. The van der Waals surface area contributed by atoms with Crippen LogP contribution in [0.4, 0.5) is 0 Å². The molecule has 0 spiro atoms. The van der Waals surface area contributed by atoms with Gasteiger partial charge in [0, 0.05) is 25.8 Å². The number of benzene rings is 1. The van der Waals surface area contributed by atoms with E-state index < -0.39 is 0 Å². The molecular formula is C19H27N3O3S. The van der Waals surface area contributed by atoms with Gasteiger partial charge >= 0.3 is 0 Å². The van der Waals surface area contributed by atoms with E-state index in [1.54, 1.807) is 10.6 Å². The van der Waals surface area contributed by atoms with Crippen molar-refractivity contribution in [1.82, 2.24) is 14.9 Å². The van der Waals surface area contributed by atoms with Gasteiger partial charge in [-0.25, -0.2) is 4.98 Å². The Balaban J connectivity index is 2.21. The van der Waals surface area contributed by atoms with Crippen molar-refractivity contribution in [3.8, 4) is 0 Å². The van der Waals surface area contributed by atoms with Crippen LogP contribution in [0.5, 0.6) is 0 Å². The molecule has 26 heavy (non-hydrogen) atoms. The number of amides is 1. The number of fused-ring (bicyclic) bond motifs is 1. The molecule has 7 heteroatoms. The molecule has 0 saturated heterocycles. The van der Waals surface area contributed by atoms with Crippen molar-refractivity contribution >= 4 is 28.6 Å². The number of hydrogen-bond acceptors (Lipinski definition) is 5. The summed E-state index contributed by atoms with van der Waals surface area (Å²) in [5.74, 6) is 0.188. The maximum Gasteiger partial charge on any atom is 0.262 e. The Morgan fingerprint density at radius 3 is 2.85 bits per heavy atom. The summed E-state index contributed by atoms with van der Waals surface area (Å²) in [5, 5.41) is 4.10. The monoisotopic (exact) mass is 377 g/mol. The molecule has 1 N–H and O–H groups in total. The lowest BCUT2D eigenvalue weighted by Crippen LogP contribution is -2.33. The molecule has 0 aliphatic heterocycles. The Bertz CT molecular complexity index is 791. The third-order valence-corrected chi connectivity index (χ3v) is 5.03. The van der Waals surface area contributed by atoms with Crippen LogP contribution in [-0.2, 0) is 16.1 Å². The number of ether oxygens (including phenoxy) is 1. The summed E-state index contributed by atoms with van der Waals surface area (Å²) in [5.41, 5.74) is 0.584. The van der Waals surface area contributed by atoms with Gasteiger partial charge in [0.15, 0.2) is 5.16 Å². The summed E-state index contributed by atoms with van der Waals surface area (Å²) < 4.78 is 7.03. The molecule has 1 amide bonds. The molecule has 1 aromatic heterocycles. The predicted molar refractivity (Wildman–Crippen MR) is 106 cm³/mol. The van der Waals surface area contributed by atoms with Crippen molar-refractivity contribution in [2.45, 2.75) is 51.4 Å². The number of para-hydroxylation sites is 1. The van der Waals surface area contributed by atoms with Gasteiger partial charge in [-0.3, -0.25) is 14.2 Å². The standard InChI is InChI=1S/C19H27N3O3S/c1-4-14(3)20-17(23)13-26-19-21-16-10-7-6-9-15(16)18(24)22(19)11-8-12-25-5-2/h6-7,9-10,14H,4-5,8,11-13H2,1-3H3,(H,20,23)/t14-/m1/s1. The van der Waals surface area contributed by atoms with Gasteiger partial charge in [0.05, 0.1) is 16.7 Å². The average Bonchev–Trinajstić information content (AvgIpc) is 2.65. The third-order valence-electron chi connectivity index (χ3n) is 4.05. The first-order valence-corrected chi connectivity index (χ1v) is 10.0. The third kappa shape index (κ3) is 5.57. The van der Waals surface area contributed by atoms with E-state index in [0.29, 0.717) is 35.8 Å². The van der Waals surface area contributed by atoms with Crippen LogP contribution in [-0.4, -0.2) is 40.5 Å². The van der Waals surface area contributed by atoms with Crippen LogP contribution in [0.15, 0.2) is 34.2 Å². The van der Waals surface area contributed by atoms with E-state index in [0.717, 1.165) is 12.8 Å². The SMILES string of the molecule is CCOCCCn1c(SCC(=O)N[C@H](C)CC)nc2ccccc2c1=O. The first kappa shape index (κ1) is 20.5. The molecule has 0 radical (unpaired) electrons. The van der Waals surface area contributed by atoms with E-state index >= 15 is 0 Å². The number of aromatic nitrogens is 2. The highest BCUT2D eigenvalue weighted by molar-refractivity contribution is 7.99. The van der Waals surface area contributed by atoms with Crippen molar-refractivity contribution in [1.29, 1.82) is 0 Å². The minimum absolute atomic E-state index is 0.0485. The lowest BCUT2D eigenvalue weighted by atomic mass is 10.2. The molecule has 0 aliphatic rings. The van der Waals surface area contributed by atoms with Gasteiger partial charge in [-0.15, -0.1) is 0 Å².